The second-order valence-electron chi connectivity index (χ2n) is 9.48. The molecule has 1 aromatic heterocycles. The predicted octanol–water partition coefficient (Wildman–Crippen LogP) is -3.11. The second-order valence-corrected chi connectivity index (χ2v) is 9.48. The fraction of sp³-hybridized carbons (Fsp3) is 0.440. The minimum atomic E-state index is -1.65. The summed E-state index contributed by atoms with van der Waals surface area (Å²) in [5.74, 6) is -5.16. The Balaban J connectivity index is 2.24. The number of primary amides is 1. The molecule has 16 nitrogen and oxygen atoms in total. The average molecular weight is 576 g/mol. The molecule has 1 heterocycles. The van der Waals surface area contributed by atoms with Crippen molar-refractivity contribution < 1.29 is 34.2 Å². The molecule has 2 aromatic rings. The van der Waals surface area contributed by atoms with Gasteiger partial charge in [0.2, 0.25) is 23.6 Å². The normalized spacial score (nSPS) is 14.6. The van der Waals surface area contributed by atoms with Gasteiger partial charge in [0.15, 0.2) is 5.96 Å². The Morgan fingerprint density at radius 3 is 2.24 bits per heavy atom. The number of carboxylic acid groups (broad SMARTS) is 1. The summed E-state index contributed by atoms with van der Waals surface area (Å²) in [4.78, 5) is 68.8. The Morgan fingerprint density at radius 1 is 0.976 bits per heavy atom. The molecule has 16 heteroatoms. The fourth-order valence-corrected chi connectivity index (χ4v) is 3.98. The third-order valence-corrected chi connectivity index (χ3v) is 6.12. The van der Waals surface area contributed by atoms with Gasteiger partial charge in [0.05, 0.1) is 18.6 Å². The quantitative estimate of drug-likeness (QED) is 0.0545. The number of aliphatic carboxylic acids is 1. The van der Waals surface area contributed by atoms with Gasteiger partial charge in [-0.1, -0.05) is 18.2 Å². The molecule has 4 amide bonds. The zero-order valence-electron chi connectivity index (χ0n) is 22.5. The van der Waals surface area contributed by atoms with E-state index in [9.17, 15) is 34.2 Å². The molecule has 1 aromatic carbocycles. The minimum Gasteiger partial charge on any atom is -0.480 e. The molecular formula is C25H37N9O7. The van der Waals surface area contributed by atoms with Crippen LogP contribution in [0.5, 0.6) is 0 Å². The van der Waals surface area contributed by atoms with Gasteiger partial charge in [-0.3, -0.25) is 24.2 Å². The standard InChI is InChI=1S/C25H37N9O7/c1-12(35)20(34-21(37)15(26)6-4-8-30-25(28)29)23(39)32-17(22(38)33-18(24(40)41)10-19(27)36)9-13-11-31-16-7-3-2-5-14(13)16/h2-3,5,7,11-12,15,17-18,20,31,35H,4,6,8-10,26H2,1H3,(H2,27,36)(H,32,39)(H,33,38)(H,34,37)(H,40,41)(H4,28,29,30). The van der Waals surface area contributed by atoms with Gasteiger partial charge < -0.3 is 54.1 Å². The first kappa shape index (κ1) is 32.5. The van der Waals surface area contributed by atoms with E-state index in [1.54, 1.807) is 30.5 Å². The lowest BCUT2D eigenvalue weighted by atomic mass is 10.0. The molecule has 0 spiro atoms. The van der Waals surface area contributed by atoms with E-state index < -0.39 is 66.3 Å². The van der Waals surface area contributed by atoms with Crippen molar-refractivity contribution in [1.82, 2.24) is 20.9 Å². The first-order valence-corrected chi connectivity index (χ1v) is 12.8. The first-order chi connectivity index (χ1) is 19.3. The monoisotopic (exact) mass is 575 g/mol. The third kappa shape index (κ3) is 10.1. The highest BCUT2D eigenvalue weighted by Gasteiger charge is 2.33. The van der Waals surface area contributed by atoms with Crippen molar-refractivity contribution in [2.75, 3.05) is 6.54 Å². The van der Waals surface area contributed by atoms with Crippen molar-refractivity contribution in [3.63, 3.8) is 0 Å². The number of aliphatic hydroxyl groups excluding tert-OH is 1. The number of para-hydroxylation sites is 1. The van der Waals surface area contributed by atoms with Crippen LogP contribution in [0.15, 0.2) is 35.5 Å². The highest BCUT2D eigenvalue weighted by atomic mass is 16.4. The van der Waals surface area contributed by atoms with Crippen LogP contribution in [0.1, 0.15) is 31.7 Å². The molecule has 5 atom stereocenters. The van der Waals surface area contributed by atoms with E-state index in [0.717, 1.165) is 10.9 Å². The maximum Gasteiger partial charge on any atom is 0.326 e. The summed E-state index contributed by atoms with van der Waals surface area (Å²) < 4.78 is 0. The third-order valence-electron chi connectivity index (χ3n) is 6.12. The summed E-state index contributed by atoms with van der Waals surface area (Å²) in [5.41, 5.74) is 22.9. The topological polar surface area (TPSA) is 294 Å². The molecule has 224 valence electrons. The van der Waals surface area contributed by atoms with Crippen molar-refractivity contribution >= 4 is 46.5 Å². The number of rotatable bonds is 16. The van der Waals surface area contributed by atoms with Crippen LogP contribution in [0, 0.1) is 0 Å². The van der Waals surface area contributed by atoms with E-state index in [1.807, 2.05) is 0 Å². The summed E-state index contributed by atoms with van der Waals surface area (Å²) in [6.45, 7) is 1.50. The SMILES string of the molecule is CC(O)C(NC(=O)C(N)CCCN=C(N)N)C(=O)NC(Cc1c[nH]c2ccccc12)C(=O)NC(CC(N)=O)C(=O)O. The number of nitrogens with one attached hydrogen (secondary N) is 4. The molecule has 0 saturated carbocycles. The lowest BCUT2D eigenvalue weighted by Crippen LogP contribution is -2.60. The van der Waals surface area contributed by atoms with Gasteiger partial charge in [-0.2, -0.15) is 0 Å². The summed E-state index contributed by atoms with van der Waals surface area (Å²) in [6, 6.07) is 1.60. The van der Waals surface area contributed by atoms with Gasteiger partial charge >= 0.3 is 5.97 Å². The number of benzene rings is 1. The van der Waals surface area contributed by atoms with Crippen LogP contribution in [0.4, 0.5) is 0 Å². The predicted molar refractivity (Wildman–Crippen MR) is 149 cm³/mol. The minimum absolute atomic E-state index is 0.102. The lowest BCUT2D eigenvalue weighted by molar-refractivity contribution is -0.143. The lowest BCUT2D eigenvalue weighted by Gasteiger charge is -2.26. The maximum absolute atomic E-state index is 13.2. The Labute approximate surface area is 235 Å². The van der Waals surface area contributed by atoms with E-state index >= 15 is 0 Å². The average Bonchev–Trinajstić information content (AvgIpc) is 3.30. The largest absolute Gasteiger partial charge is 0.480 e. The fourth-order valence-electron chi connectivity index (χ4n) is 3.98. The van der Waals surface area contributed by atoms with E-state index in [2.05, 4.69) is 25.9 Å². The van der Waals surface area contributed by atoms with Crippen molar-refractivity contribution in [3.05, 3.63) is 36.0 Å². The Bertz CT molecular complexity index is 1270. The molecular weight excluding hydrogens is 538 g/mol. The van der Waals surface area contributed by atoms with Crippen LogP contribution >= 0.6 is 0 Å². The van der Waals surface area contributed by atoms with Crippen LogP contribution < -0.4 is 38.9 Å². The van der Waals surface area contributed by atoms with Crippen molar-refractivity contribution in [2.45, 2.75) is 62.9 Å². The number of fused-ring (bicyclic) bond motifs is 1. The van der Waals surface area contributed by atoms with Crippen LogP contribution in [0.2, 0.25) is 0 Å². The highest BCUT2D eigenvalue weighted by Crippen LogP contribution is 2.19. The summed E-state index contributed by atoms with van der Waals surface area (Å²) >= 11 is 0. The van der Waals surface area contributed by atoms with E-state index in [4.69, 9.17) is 22.9 Å². The van der Waals surface area contributed by atoms with Crippen LogP contribution in [-0.4, -0.2) is 87.6 Å². The molecule has 14 N–H and O–H groups in total. The number of hydrogen-bond acceptors (Lipinski definition) is 8. The van der Waals surface area contributed by atoms with Gasteiger partial charge in [-0.05, 0) is 31.4 Å². The molecule has 0 aliphatic carbocycles. The van der Waals surface area contributed by atoms with Gasteiger partial charge in [0, 0.05) is 30.1 Å². The summed E-state index contributed by atoms with van der Waals surface area (Å²) in [6.07, 6.45) is 0.00748. The van der Waals surface area contributed by atoms with E-state index in [0.29, 0.717) is 12.0 Å². The molecule has 0 saturated heterocycles. The Morgan fingerprint density at radius 2 is 1.63 bits per heavy atom. The van der Waals surface area contributed by atoms with Crippen molar-refractivity contribution in [1.29, 1.82) is 0 Å². The number of hydrogen-bond donors (Lipinski definition) is 10. The van der Waals surface area contributed by atoms with Gasteiger partial charge in [-0.25, -0.2) is 4.79 Å². The smallest absolute Gasteiger partial charge is 0.326 e. The number of aliphatic hydroxyl groups is 1. The number of nitrogens with two attached hydrogens (primary N) is 4. The number of carbonyl (C=O) groups is 5. The maximum atomic E-state index is 13.2. The number of guanidine groups is 1. The molecule has 0 aliphatic heterocycles. The number of carbonyl (C=O) groups excluding carboxylic acids is 4. The molecule has 0 fully saturated rings. The van der Waals surface area contributed by atoms with Crippen molar-refractivity contribution in [3.8, 4) is 0 Å². The van der Waals surface area contributed by atoms with Crippen molar-refractivity contribution in [2.24, 2.45) is 27.9 Å². The number of aromatic nitrogens is 1. The molecule has 41 heavy (non-hydrogen) atoms. The van der Waals surface area contributed by atoms with E-state index in [-0.39, 0.29) is 25.3 Å². The number of aromatic amines is 1. The number of carboxylic acids is 1. The number of nitrogens with zero attached hydrogens (tertiary/aromatic N) is 1. The Kier molecular flexibility index (Phi) is 12.0. The first-order valence-electron chi connectivity index (χ1n) is 12.8. The van der Waals surface area contributed by atoms with Crippen LogP contribution in [0.3, 0.4) is 0 Å². The second kappa shape index (κ2) is 15.2. The van der Waals surface area contributed by atoms with Gasteiger partial charge in [-0.15, -0.1) is 0 Å². The van der Waals surface area contributed by atoms with Crippen LogP contribution in [0.25, 0.3) is 10.9 Å². The zero-order chi connectivity index (χ0) is 30.7. The molecule has 5 unspecified atom stereocenters. The molecule has 0 radical (unpaired) electrons. The number of H-pyrrole nitrogens is 1. The summed E-state index contributed by atoms with van der Waals surface area (Å²) in [7, 11) is 0. The Hall–Kier alpha value is -4.70. The van der Waals surface area contributed by atoms with E-state index in [1.165, 1.54) is 6.92 Å². The summed E-state index contributed by atoms with van der Waals surface area (Å²) in [5, 5.41) is 27.5. The van der Waals surface area contributed by atoms with Crippen LogP contribution in [-0.2, 0) is 30.4 Å². The zero-order valence-corrected chi connectivity index (χ0v) is 22.5. The number of amides is 4. The molecule has 0 bridgehead atoms. The van der Waals surface area contributed by atoms with Gasteiger partial charge in [0.25, 0.3) is 0 Å². The molecule has 2 rings (SSSR count). The van der Waals surface area contributed by atoms with Gasteiger partial charge in [0.1, 0.15) is 18.1 Å². The molecule has 0 aliphatic rings. The highest BCUT2D eigenvalue weighted by molar-refractivity contribution is 5.95. The number of aliphatic imine (C=N–C) groups is 1.